The van der Waals surface area contributed by atoms with Crippen LogP contribution in [0.1, 0.15) is 28.2 Å². The van der Waals surface area contributed by atoms with Gasteiger partial charge in [0.2, 0.25) is 5.95 Å². The molecule has 162 valence electrons. The number of anilines is 1. The molecule has 31 heavy (non-hydrogen) atoms. The van der Waals surface area contributed by atoms with Crippen molar-refractivity contribution in [2.24, 2.45) is 0 Å². The van der Waals surface area contributed by atoms with Crippen LogP contribution < -0.4 is 10.2 Å². The van der Waals surface area contributed by atoms with Gasteiger partial charge in [0, 0.05) is 67.8 Å². The van der Waals surface area contributed by atoms with E-state index in [-0.39, 0.29) is 5.91 Å². The van der Waals surface area contributed by atoms with Crippen LogP contribution in [0.2, 0.25) is 0 Å². The molecule has 7 heteroatoms. The Labute approximate surface area is 183 Å². The first-order valence-corrected chi connectivity index (χ1v) is 10.9. The fraction of sp³-hybridized carbons (Fsp3) is 0.375. The molecule has 4 rings (SSSR count). The summed E-state index contributed by atoms with van der Waals surface area (Å²) in [6.07, 6.45) is 4.51. The lowest BCUT2D eigenvalue weighted by molar-refractivity contribution is 0.0951. The monoisotopic (exact) mass is 418 g/mol. The molecule has 7 nitrogen and oxygen atoms in total. The third kappa shape index (κ3) is 5.11. The molecular weight excluding hydrogens is 388 g/mol. The second-order valence-corrected chi connectivity index (χ2v) is 7.99. The van der Waals surface area contributed by atoms with Crippen molar-refractivity contribution in [2.45, 2.75) is 20.3 Å². The molecule has 1 aromatic carbocycles. The van der Waals surface area contributed by atoms with E-state index in [0.29, 0.717) is 12.1 Å². The largest absolute Gasteiger partial charge is 0.352 e. The zero-order valence-electron chi connectivity index (χ0n) is 18.3. The summed E-state index contributed by atoms with van der Waals surface area (Å²) in [7, 11) is 0. The van der Waals surface area contributed by atoms with E-state index < -0.39 is 0 Å². The van der Waals surface area contributed by atoms with Crippen molar-refractivity contribution in [3.05, 3.63) is 71.8 Å². The van der Waals surface area contributed by atoms with Gasteiger partial charge in [0.05, 0.1) is 0 Å². The number of aromatic nitrogens is 3. The minimum Gasteiger partial charge on any atom is -0.352 e. The maximum Gasteiger partial charge on any atom is 0.251 e. The second kappa shape index (κ2) is 9.75. The first-order valence-electron chi connectivity index (χ1n) is 10.9. The van der Waals surface area contributed by atoms with Gasteiger partial charge in [-0.15, -0.1) is 0 Å². The Morgan fingerprint density at radius 2 is 1.58 bits per heavy atom. The Morgan fingerprint density at radius 3 is 2.23 bits per heavy atom. The zero-order valence-corrected chi connectivity index (χ0v) is 18.3. The number of carbonyl (C=O) groups excluding carboxylic acids is 1. The molecular formula is C24H30N6O. The molecule has 3 heterocycles. The number of rotatable bonds is 7. The number of benzene rings is 1. The van der Waals surface area contributed by atoms with Crippen molar-refractivity contribution >= 4 is 11.9 Å². The first-order chi connectivity index (χ1) is 15.1. The Bertz CT molecular complexity index is 971. The number of aryl methyl sites for hydroxylation is 2. The number of hydrogen-bond acceptors (Lipinski definition) is 5. The van der Waals surface area contributed by atoms with E-state index in [0.717, 1.165) is 50.8 Å². The van der Waals surface area contributed by atoms with Crippen LogP contribution in [0, 0.1) is 13.8 Å². The minimum atomic E-state index is -0.0152. The topological polar surface area (TPSA) is 66.3 Å². The van der Waals surface area contributed by atoms with Crippen LogP contribution in [0.25, 0.3) is 5.69 Å². The van der Waals surface area contributed by atoms with Gasteiger partial charge in [0.15, 0.2) is 0 Å². The molecule has 0 radical (unpaired) electrons. The van der Waals surface area contributed by atoms with Crippen molar-refractivity contribution in [1.29, 1.82) is 0 Å². The summed E-state index contributed by atoms with van der Waals surface area (Å²) < 4.78 is 2.19. The van der Waals surface area contributed by atoms with Crippen molar-refractivity contribution in [2.75, 3.05) is 44.2 Å². The fourth-order valence-corrected chi connectivity index (χ4v) is 4.07. The summed E-state index contributed by atoms with van der Waals surface area (Å²) in [6, 6.07) is 13.8. The van der Waals surface area contributed by atoms with Gasteiger partial charge >= 0.3 is 0 Å². The highest BCUT2D eigenvalue weighted by Crippen LogP contribution is 2.17. The van der Waals surface area contributed by atoms with Gasteiger partial charge in [0.1, 0.15) is 0 Å². The average Bonchev–Trinajstić information content (AvgIpc) is 3.15. The number of carbonyl (C=O) groups is 1. The summed E-state index contributed by atoms with van der Waals surface area (Å²) in [5.41, 5.74) is 4.15. The highest BCUT2D eigenvalue weighted by molar-refractivity contribution is 5.94. The van der Waals surface area contributed by atoms with Gasteiger partial charge in [-0.3, -0.25) is 9.69 Å². The second-order valence-electron chi connectivity index (χ2n) is 7.99. The lowest BCUT2D eigenvalue weighted by atomic mass is 10.2. The van der Waals surface area contributed by atoms with E-state index in [1.54, 1.807) is 12.4 Å². The molecule has 1 amide bonds. The van der Waals surface area contributed by atoms with E-state index in [1.165, 1.54) is 11.4 Å². The van der Waals surface area contributed by atoms with Crippen LogP contribution in [-0.2, 0) is 0 Å². The molecule has 1 aliphatic heterocycles. The van der Waals surface area contributed by atoms with Crippen LogP contribution in [0.5, 0.6) is 0 Å². The lowest BCUT2D eigenvalue weighted by Crippen LogP contribution is -2.47. The van der Waals surface area contributed by atoms with Crippen LogP contribution in [0.4, 0.5) is 5.95 Å². The van der Waals surface area contributed by atoms with E-state index in [9.17, 15) is 4.79 Å². The number of amides is 1. The summed E-state index contributed by atoms with van der Waals surface area (Å²) in [5, 5.41) is 3.05. The van der Waals surface area contributed by atoms with Crippen molar-refractivity contribution < 1.29 is 4.79 Å². The van der Waals surface area contributed by atoms with Gasteiger partial charge in [-0.05, 0) is 69.3 Å². The lowest BCUT2D eigenvalue weighted by Gasteiger charge is -2.34. The Balaban J connectivity index is 1.19. The third-order valence-corrected chi connectivity index (χ3v) is 5.80. The fourth-order valence-electron chi connectivity index (χ4n) is 4.07. The maximum atomic E-state index is 12.5. The standard InChI is InChI=1S/C24H30N6O/c1-19-5-6-20(2)30(19)22-9-7-21(8-10-22)23(31)25-13-4-14-28-15-17-29(18-16-28)24-26-11-3-12-27-24/h3,5-12H,4,13-18H2,1-2H3,(H,25,31). The van der Waals surface area contributed by atoms with Gasteiger partial charge in [0.25, 0.3) is 5.91 Å². The van der Waals surface area contributed by atoms with Crippen LogP contribution in [-0.4, -0.2) is 64.6 Å². The quantitative estimate of drug-likeness (QED) is 0.598. The molecule has 2 aromatic heterocycles. The Morgan fingerprint density at radius 1 is 0.935 bits per heavy atom. The van der Waals surface area contributed by atoms with Gasteiger partial charge in [-0.2, -0.15) is 0 Å². The molecule has 0 spiro atoms. The molecule has 0 bridgehead atoms. The summed E-state index contributed by atoms with van der Waals surface area (Å²) in [5.74, 6) is 0.793. The molecule has 0 saturated carbocycles. The number of nitrogens with one attached hydrogen (secondary N) is 1. The highest BCUT2D eigenvalue weighted by Gasteiger charge is 2.18. The smallest absolute Gasteiger partial charge is 0.251 e. The first kappa shape index (κ1) is 21.1. The molecule has 1 N–H and O–H groups in total. The number of piperazine rings is 1. The molecule has 1 aliphatic rings. The molecule has 0 atom stereocenters. The molecule has 0 aliphatic carbocycles. The SMILES string of the molecule is Cc1ccc(C)n1-c1ccc(C(=O)NCCCN2CCN(c3ncccn3)CC2)cc1. The van der Waals surface area contributed by atoms with E-state index in [1.807, 2.05) is 30.3 Å². The van der Waals surface area contributed by atoms with Crippen molar-refractivity contribution in [1.82, 2.24) is 24.8 Å². The Hall–Kier alpha value is -3.19. The van der Waals surface area contributed by atoms with Crippen LogP contribution in [0.3, 0.4) is 0 Å². The predicted octanol–water partition coefficient (Wildman–Crippen LogP) is 2.83. The summed E-state index contributed by atoms with van der Waals surface area (Å²) in [4.78, 5) is 25.8. The average molecular weight is 419 g/mol. The van der Waals surface area contributed by atoms with Gasteiger partial charge in [-0.1, -0.05) is 0 Å². The van der Waals surface area contributed by atoms with Crippen molar-refractivity contribution in [3.8, 4) is 5.69 Å². The summed E-state index contributed by atoms with van der Waals surface area (Å²) >= 11 is 0. The normalized spacial score (nSPS) is 14.6. The van der Waals surface area contributed by atoms with Gasteiger partial charge in [-0.25, -0.2) is 9.97 Å². The Kier molecular flexibility index (Phi) is 6.62. The molecule has 1 fully saturated rings. The zero-order chi connectivity index (χ0) is 21.6. The van der Waals surface area contributed by atoms with E-state index >= 15 is 0 Å². The van der Waals surface area contributed by atoms with E-state index in [4.69, 9.17) is 0 Å². The number of hydrogen-bond donors (Lipinski definition) is 1. The summed E-state index contributed by atoms with van der Waals surface area (Å²) in [6.45, 7) is 9.68. The molecule has 3 aromatic rings. The number of nitrogens with zero attached hydrogens (tertiary/aromatic N) is 5. The third-order valence-electron chi connectivity index (χ3n) is 5.80. The van der Waals surface area contributed by atoms with Crippen LogP contribution >= 0.6 is 0 Å². The van der Waals surface area contributed by atoms with Gasteiger partial charge < -0.3 is 14.8 Å². The maximum absolute atomic E-state index is 12.5. The molecule has 1 saturated heterocycles. The predicted molar refractivity (Wildman–Crippen MR) is 123 cm³/mol. The van der Waals surface area contributed by atoms with E-state index in [2.05, 4.69) is 55.6 Å². The molecule has 0 unspecified atom stereocenters. The highest BCUT2D eigenvalue weighted by atomic mass is 16.1. The minimum absolute atomic E-state index is 0.0152. The van der Waals surface area contributed by atoms with Crippen molar-refractivity contribution in [3.63, 3.8) is 0 Å². The van der Waals surface area contributed by atoms with Crippen LogP contribution in [0.15, 0.2) is 54.9 Å².